The summed E-state index contributed by atoms with van der Waals surface area (Å²) in [6.45, 7) is 0.238. The lowest BCUT2D eigenvalue weighted by molar-refractivity contribution is 0.281. The third kappa shape index (κ3) is 4.24. The molecule has 0 atom stereocenters. The molecular formula is C14H16BFN2O5. The van der Waals surface area contributed by atoms with Gasteiger partial charge >= 0.3 is 7.32 Å². The quantitative estimate of drug-likeness (QED) is 0.660. The fourth-order valence-corrected chi connectivity index (χ4v) is 1.93. The van der Waals surface area contributed by atoms with Crippen LogP contribution in [0.3, 0.4) is 0 Å². The molecule has 9 heteroatoms. The van der Waals surface area contributed by atoms with Crippen molar-refractivity contribution in [3.05, 3.63) is 41.8 Å². The number of rotatable bonds is 7. The number of benzene rings is 1. The fraction of sp³-hybridized carbons (Fsp3) is 0.214. The Kier molecular flexibility index (Phi) is 5.61. The standard InChI is InChI=1S/C14H16BFN2O5/c1-21-10-4-3-9(12(7-10)22-2)8-18-14-13(16)11(5-6-17-14)23-15(19)20/h3-7,19-20H,8H2,1-2H3,(H,17,18). The lowest BCUT2D eigenvalue weighted by atomic mass is 10.2. The van der Waals surface area contributed by atoms with Crippen LogP contribution < -0.4 is 19.4 Å². The summed E-state index contributed by atoms with van der Waals surface area (Å²) in [4.78, 5) is 3.86. The van der Waals surface area contributed by atoms with E-state index in [9.17, 15) is 4.39 Å². The van der Waals surface area contributed by atoms with Crippen LogP contribution in [0.25, 0.3) is 0 Å². The van der Waals surface area contributed by atoms with E-state index in [1.807, 2.05) is 0 Å². The number of hydrogen-bond donors (Lipinski definition) is 3. The molecule has 0 aliphatic carbocycles. The first-order chi connectivity index (χ1) is 11.0. The molecule has 3 N–H and O–H groups in total. The highest BCUT2D eigenvalue weighted by Gasteiger charge is 2.17. The lowest BCUT2D eigenvalue weighted by Crippen LogP contribution is -2.21. The topological polar surface area (TPSA) is 93.1 Å². The first-order valence-electron chi connectivity index (χ1n) is 6.67. The maximum atomic E-state index is 14.1. The summed E-state index contributed by atoms with van der Waals surface area (Å²) in [5, 5.41) is 20.3. The third-order valence-corrected chi connectivity index (χ3v) is 3.03. The van der Waals surface area contributed by atoms with Crippen LogP contribution in [0.2, 0.25) is 0 Å². The second kappa shape index (κ2) is 7.66. The first-order valence-corrected chi connectivity index (χ1v) is 6.67. The van der Waals surface area contributed by atoms with Gasteiger partial charge in [-0.05, 0) is 12.1 Å². The molecule has 0 radical (unpaired) electrons. The van der Waals surface area contributed by atoms with Crippen LogP contribution in [0, 0.1) is 5.82 Å². The van der Waals surface area contributed by atoms with Crippen molar-refractivity contribution in [3.8, 4) is 17.2 Å². The minimum Gasteiger partial charge on any atom is -0.509 e. The number of anilines is 1. The highest BCUT2D eigenvalue weighted by molar-refractivity contribution is 6.33. The second-order valence-corrected chi connectivity index (χ2v) is 4.45. The SMILES string of the molecule is COc1ccc(CNc2nccc(OB(O)O)c2F)c(OC)c1. The smallest absolute Gasteiger partial charge is 0.509 e. The van der Waals surface area contributed by atoms with Gasteiger partial charge in [0.05, 0.1) is 14.2 Å². The van der Waals surface area contributed by atoms with Crippen molar-refractivity contribution < 1.29 is 28.6 Å². The molecule has 1 aromatic heterocycles. The van der Waals surface area contributed by atoms with Gasteiger partial charge in [-0.3, -0.25) is 0 Å². The average molecular weight is 322 g/mol. The van der Waals surface area contributed by atoms with Crippen molar-refractivity contribution in [2.75, 3.05) is 19.5 Å². The van der Waals surface area contributed by atoms with E-state index in [0.717, 1.165) is 5.56 Å². The molecule has 0 bridgehead atoms. The van der Waals surface area contributed by atoms with Crippen LogP contribution in [0.4, 0.5) is 10.2 Å². The van der Waals surface area contributed by atoms with Gasteiger partial charge in [-0.2, -0.15) is 4.39 Å². The van der Waals surface area contributed by atoms with Crippen LogP contribution in [0.1, 0.15) is 5.56 Å². The Hall–Kier alpha value is -2.52. The number of pyridine rings is 1. The molecule has 1 heterocycles. The van der Waals surface area contributed by atoms with Crippen molar-refractivity contribution in [2.24, 2.45) is 0 Å². The Balaban J connectivity index is 2.15. The highest BCUT2D eigenvalue weighted by Crippen LogP contribution is 2.27. The van der Waals surface area contributed by atoms with Crippen LogP contribution >= 0.6 is 0 Å². The zero-order chi connectivity index (χ0) is 16.8. The molecule has 0 saturated carbocycles. The molecule has 0 fully saturated rings. The monoisotopic (exact) mass is 322 g/mol. The van der Waals surface area contributed by atoms with Crippen molar-refractivity contribution in [1.82, 2.24) is 4.98 Å². The molecule has 0 saturated heterocycles. The summed E-state index contributed by atoms with van der Waals surface area (Å²) < 4.78 is 29.0. The minimum atomic E-state index is -2.11. The molecule has 23 heavy (non-hydrogen) atoms. The predicted octanol–water partition coefficient (Wildman–Crippen LogP) is 1.20. The Morgan fingerprint density at radius 2 is 1.96 bits per heavy atom. The van der Waals surface area contributed by atoms with Crippen LogP contribution in [-0.2, 0) is 6.54 Å². The van der Waals surface area contributed by atoms with Gasteiger partial charge in [0.25, 0.3) is 0 Å². The summed E-state index contributed by atoms with van der Waals surface area (Å²) in [6, 6.07) is 6.43. The fourth-order valence-electron chi connectivity index (χ4n) is 1.93. The zero-order valence-electron chi connectivity index (χ0n) is 12.6. The van der Waals surface area contributed by atoms with Gasteiger partial charge in [0.2, 0.25) is 5.82 Å². The normalized spacial score (nSPS) is 10.1. The molecule has 0 unspecified atom stereocenters. The Morgan fingerprint density at radius 3 is 2.61 bits per heavy atom. The number of nitrogens with one attached hydrogen (secondary N) is 1. The molecule has 2 aromatic rings. The van der Waals surface area contributed by atoms with E-state index in [4.69, 9.17) is 19.5 Å². The summed E-state index contributed by atoms with van der Waals surface area (Å²) in [7, 11) is 0.961. The Morgan fingerprint density at radius 1 is 1.17 bits per heavy atom. The minimum absolute atomic E-state index is 0.0824. The highest BCUT2D eigenvalue weighted by atomic mass is 19.1. The Labute approximate surface area is 132 Å². The summed E-state index contributed by atoms with van der Waals surface area (Å²) >= 11 is 0. The van der Waals surface area contributed by atoms with Crippen molar-refractivity contribution in [1.29, 1.82) is 0 Å². The summed E-state index contributed by atoms with van der Waals surface area (Å²) in [5.74, 6) is -0.00836. The van der Waals surface area contributed by atoms with Gasteiger partial charge in [-0.1, -0.05) is 0 Å². The number of nitrogens with zero attached hydrogens (tertiary/aromatic N) is 1. The molecule has 0 aliphatic heterocycles. The number of methoxy groups -OCH3 is 2. The van der Waals surface area contributed by atoms with Gasteiger partial charge < -0.3 is 29.5 Å². The molecule has 1 aromatic carbocycles. The summed E-state index contributed by atoms with van der Waals surface area (Å²) in [6.07, 6.45) is 1.29. The third-order valence-electron chi connectivity index (χ3n) is 3.03. The molecular weight excluding hydrogens is 306 g/mol. The second-order valence-electron chi connectivity index (χ2n) is 4.45. The van der Waals surface area contributed by atoms with Crippen LogP contribution in [0.15, 0.2) is 30.5 Å². The molecule has 0 aliphatic rings. The van der Waals surface area contributed by atoms with Crippen LogP contribution in [0.5, 0.6) is 17.2 Å². The summed E-state index contributed by atoms with van der Waals surface area (Å²) in [5.41, 5.74) is 0.767. The lowest BCUT2D eigenvalue weighted by Gasteiger charge is -2.13. The number of hydrogen-bond acceptors (Lipinski definition) is 7. The van der Waals surface area contributed by atoms with Crippen LogP contribution in [-0.4, -0.2) is 36.6 Å². The molecule has 2 rings (SSSR count). The zero-order valence-corrected chi connectivity index (χ0v) is 12.6. The Bertz CT molecular complexity index is 672. The van der Waals surface area contributed by atoms with E-state index in [-0.39, 0.29) is 18.1 Å². The molecule has 0 spiro atoms. The number of halogens is 1. The molecule has 7 nitrogen and oxygen atoms in total. The maximum Gasteiger partial charge on any atom is 0.707 e. The van der Waals surface area contributed by atoms with Crippen molar-refractivity contribution >= 4 is 13.1 Å². The van der Waals surface area contributed by atoms with Gasteiger partial charge in [0, 0.05) is 30.4 Å². The van der Waals surface area contributed by atoms with Crippen molar-refractivity contribution in [3.63, 3.8) is 0 Å². The first kappa shape index (κ1) is 16.8. The predicted molar refractivity (Wildman–Crippen MR) is 81.9 cm³/mol. The van der Waals surface area contributed by atoms with E-state index < -0.39 is 13.1 Å². The average Bonchev–Trinajstić information content (AvgIpc) is 2.55. The van der Waals surface area contributed by atoms with E-state index in [1.54, 1.807) is 25.3 Å². The van der Waals surface area contributed by atoms with Gasteiger partial charge in [0.1, 0.15) is 17.2 Å². The number of ether oxygens (including phenoxy) is 2. The van der Waals surface area contributed by atoms with E-state index >= 15 is 0 Å². The van der Waals surface area contributed by atoms with E-state index in [2.05, 4.69) is 15.0 Å². The van der Waals surface area contributed by atoms with Crippen molar-refractivity contribution in [2.45, 2.75) is 6.54 Å². The number of aromatic nitrogens is 1. The van der Waals surface area contributed by atoms with Gasteiger partial charge in [-0.15, -0.1) is 0 Å². The van der Waals surface area contributed by atoms with Gasteiger partial charge in [0.15, 0.2) is 5.82 Å². The van der Waals surface area contributed by atoms with Gasteiger partial charge in [-0.25, -0.2) is 4.98 Å². The maximum absolute atomic E-state index is 14.1. The molecule has 122 valence electrons. The van der Waals surface area contributed by atoms with E-state index in [0.29, 0.717) is 11.5 Å². The van der Waals surface area contributed by atoms with E-state index in [1.165, 1.54) is 19.4 Å². The largest absolute Gasteiger partial charge is 0.707 e. The molecule has 0 amide bonds.